The number of hydrogen-bond donors (Lipinski definition) is 1. The van der Waals surface area contributed by atoms with Crippen LogP contribution in [0.5, 0.6) is 5.75 Å². The number of ether oxygens (including phenoxy) is 1. The average molecular weight is 467 g/mol. The lowest BCUT2D eigenvalue weighted by Gasteiger charge is -2.36. The molecule has 1 N–H and O–H groups in total. The molecule has 0 bridgehead atoms. The molecule has 1 aliphatic rings. The third kappa shape index (κ3) is 5.31. The van der Waals surface area contributed by atoms with Gasteiger partial charge in [-0.15, -0.1) is 0 Å². The van der Waals surface area contributed by atoms with Crippen molar-refractivity contribution in [2.75, 3.05) is 25.0 Å². The summed E-state index contributed by atoms with van der Waals surface area (Å²) < 4.78 is 33.1. The lowest BCUT2D eigenvalue weighted by molar-refractivity contribution is -0.133. The number of aliphatic hydroxyl groups is 1. The molecule has 7 nitrogen and oxygen atoms in total. The van der Waals surface area contributed by atoms with E-state index < -0.39 is 28.6 Å². The van der Waals surface area contributed by atoms with Gasteiger partial charge in [-0.2, -0.15) is 0 Å². The third-order valence-corrected chi connectivity index (χ3v) is 7.67. The Kier molecular flexibility index (Phi) is 7.46. The van der Waals surface area contributed by atoms with E-state index >= 15 is 0 Å². The Morgan fingerprint density at radius 2 is 1.71 bits per heavy atom. The van der Waals surface area contributed by atoms with Gasteiger partial charge in [0.1, 0.15) is 12.3 Å². The number of anilines is 1. The molecule has 0 aromatic heterocycles. The molecule has 0 spiro atoms. The van der Waals surface area contributed by atoms with Crippen molar-refractivity contribution in [3.8, 4) is 5.75 Å². The molecule has 1 aliphatic carbocycles. The Morgan fingerprint density at radius 1 is 1.10 bits per heavy atom. The van der Waals surface area contributed by atoms with Crippen LogP contribution in [0.2, 0.25) is 5.02 Å². The molecule has 0 aliphatic heterocycles. The number of nitrogens with zero attached hydrogens (tertiary/aromatic N) is 2. The normalized spacial score (nSPS) is 19.0. The first-order chi connectivity index (χ1) is 14.7. The summed E-state index contributed by atoms with van der Waals surface area (Å²) in [6.45, 7) is -0.393. The van der Waals surface area contributed by atoms with E-state index in [9.17, 15) is 18.3 Å². The molecule has 168 valence electrons. The summed E-state index contributed by atoms with van der Waals surface area (Å²) in [5.41, 5.74) is 0.325. The van der Waals surface area contributed by atoms with Crippen molar-refractivity contribution in [3.05, 3.63) is 53.6 Å². The van der Waals surface area contributed by atoms with Crippen LogP contribution in [0.25, 0.3) is 0 Å². The molecule has 2 aromatic carbocycles. The first kappa shape index (κ1) is 23.4. The standard InChI is InChI=1S/C22H27ClN2O5S/c1-24(20-5-3-4-6-21(20)26)22(27)15-25(17-9-7-16(23)8-10-17)31(28,29)19-13-11-18(30-2)12-14-19/h7-14,20-21,26H,3-6,15H2,1-2H3. The number of halogens is 1. The van der Waals surface area contributed by atoms with E-state index in [0.717, 1.165) is 17.1 Å². The smallest absolute Gasteiger partial charge is 0.264 e. The minimum absolute atomic E-state index is 0.0383. The first-order valence-electron chi connectivity index (χ1n) is 10.1. The van der Waals surface area contributed by atoms with Crippen LogP contribution in [0, 0.1) is 0 Å². The summed E-state index contributed by atoms with van der Waals surface area (Å²) >= 11 is 5.97. The van der Waals surface area contributed by atoms with E-state index in [1.807, 2.05) is 0 Å². The van der Waals surface area contributed by atoms with E-state index in [1.165, 1.54) is 24.1 Å². The molecular weight excluding hydrogens is 440 g/mol. The molecule has 1 fully saturated rings. The number of amides is 1. The van der Waals surface area contributed by atoms with Crippen molar-refractivity contribution < 1.29 is 23.1 Å². The molecule has 0 radical (unpaired) electrons. The maximum Gasteiger partial charge on any atom is 0.264 e. The summed E-state index contributed by atoms with van der Waals surface area (Å²) in [4.78, 5) is 14.6. The second-order valence-electron chi connectivity index (χ2n) is 7.59. The lowest BCUT2D eigenvalue weighted by Crippen LogP contribution is -2.50. The van der Waals surface area contributed by atoms with E-state index in [-0.39, 0.29) is 10.9 Å². The molecule has 1 amide bonds. The number of methoxy groups -OCH3 is 1. The Labute approximate surface area is 188 Å². The zero-order chi connectivity index (χ0) is 22.6. The van der Waals surface area contributed by atoms with Gasteiger partial charge in [-0.25, -0.2) is 8.42 Å². The molecule has 2 aromatic rings. The number of rotatable bonds is 7. The monoisotopic (exact) mass is 466 g/mol. The maximum absolute atomic E-state index is 13.4. The van der Waals surface area contributed by atoms with Crippen molar-refractivity contribution in [3.63, 3.8) is 0 Å². The van der Waals surface area contributed by atoms with Crippen LogP contribution in [-0.4, -0.2) is 57.2 Å². The van der Waals surface area contributed by atoms with Crippen molar-refractivity contribution in [1.82, 2.24) is 4.90 Å². The number of benzene rings is 2. The Balaban J connectivity index is 1.92. The highest BCUT2D eigenvalue weighted by Crippen LogP contribution is 2.28. The van der Waals surface area contributed by atoms with Crippen LogP contribution >= 0.6 is 11.6 Å². The highest BCUT2D eigenvalue weighted by atomic mass is 35.5. The molecule has 0 heterocycles. The van der Waals surface area contributed by atoms with E-state index in [4.69, 9.17) is 16.3 Å². The number of likely N-dealkylation sites (N-methyl/N-ethyl adjacent to an activating group) is 1. The largest absolute Gasteiger partial charge is 0.497 e. The summed E-state index contributed by atoms with van der Waals surface area (Å²) in [6, 6.07) is 11.9. The van der Waals surface area contributed by atoms with Crippen molar-refractivity contribution in [2.45, 2.75) is 42.7 Å². The van der Waals surface area contributed by atoms with Crippen LogP contribution in [0.1, 0.15) is 25.7 Å². The van der Waals surface area contributed by atoms with Crippen LogP contribution < -0.4 is 9.04 Å². The van der Waals surface area contributed by atoms with Gasteiger partial charge in [-0.05, 0) is 61.4 Å². The zero-order valence-electron chi connectivity index (χ0n) is 17.6. The Morgan fingerprint density at radius 3 is 2.29 bits per heavy atom. The zero-order valence-corrected chi connectivity index (χ0v) is 19.1. The predicted molar refractivity (Wildman–Crippen MR) is 120 cm³/mol. The first-order valence-corrected chi connectivity index (χ1v) is 11.9. The van der Waals surface area contributed by atoms with Crippen molar-refractivity contribution in [2.24, 2.45) is 0 Å². The highest BCUT2D eigenvalue weighted by Gasteiger charge is 2.33. The number of carbonyl (C=O) groups is 1. The molecule has 31 heavy (non-hydrogen) atoms. The van der Waals surface area contributed by atoms with Crippen LogP contribution in [0.4, 0.5) is 5.69 Å². The van der Waals surface area contributed by atoms with Gasteiger partial charge in [-0.3, -0.25) is 9.10 Å². The summed E-state index contributed by atoms with van der Waals surface area (Å²) in [6.07, 6.45) is 2.56. The van der Waals surface area contributed by atoms with Gasteiger partial charge in [0, 0.05) is 12.1 Å². The number of carbonyl (C=O) groups excluding carboxylic acids is 1. The van der Waals surface area contributed by atoms with Gasteiger partial charge in [0.2, 0.25) is 5.91 Å². The molecule has 1 saturated carbocycles. The average Bonchev–Trinajstić information content (AvgIpc) is 2.78. The second-order valence-corrected chi connectivity index (χ2v) is 9.89. The predicted octanol–water partition coefficient (Wildman–Crippen LogP) is 3.31. The van der Waals surface area contributed by atoms with Crippen LogP contribution in [-0.2, 0) is 14.8 Å². The van der Waals surface area contributed by atoms with Gasteiger partial charge in [0.25, 0.3) is 10.0 Å². The quantitative estimate of drug-likeness (QED) is 0.676. The van der Waals surface area contributed by atoms with Crippen molar-refractivity contribution >= 4 is 33.2 Å². The molecule has 2 atom stereocenters. The van der Waals surface area contributed by atoms with Gasteiger partial charge in [0.15, 0.2) is 0 Å². The summed E-state index contributed by atoms with van der Waals surface area (Å²) in [5, 5.41) is 10.8. The van der Waals surface area contributed by atoms with Crippen LogP contribution in [0.3, 0.4) is 0 Å². The minimum Gasteiger partial charge on any atom is -0.497 e. The van der Waals surface area contributed by atoms with Crippen molar-refractivity contribution in [1.29, 1.82) is 0 Å². The third-order valence-electron chi connectivity index (χ3n) is 5.63. The maximum atomic E-state index is 13.4. The van der Waals surface area contributed by atoms with Crippen LogP contribution in [0.15, 0.2) is 53.4 Å². The molecule has 0 saturated heterocycles. The number of aliphatic hydroxyl groups excluding tert-OH is 1. The topological polar surface area (TPSA) is 87.2 Å². The number of sulfonamides is 1. The second kappa shape index (κ2) is 9.89. The summed E-state index contributed by atoms with van der Waals surface area (Å²) in [5.74, 6) is 0.136. The Hall–Kier alpha value is -2.29. The van der Waals surface area contributed by atoms with E-state index in [2.05, 4.69) is 0 Å². The molecular formula is C22H27ClN2O5S. The van der Waals surface area contributed by atoms with Gasteiger partial charge >= 0.3 is 0 Å². The summed E-state index contributed by atoms with van der Waals surface area (Å²) in [7, 11) is -0.930. The molecule has 3 rings (SSSR count). The minimum atomic E-state index is -4.04. The Bertz CT molecular complexity index is 996. The lowest BCUT2D eigenvalue weighted by atomic mass is 9.91. The SMILES string of the molecule is COc1ccc(S(=O)(=O)N(CC(=O)N(C)C2CCCCC2O)c2ccc(Cl)cc2)cc1. The molecule has 2 unspecified atom stereocenters. The highest BCUT2D eigenvalue weighted by molar-refractivity contribution is 7.92. The fraction of sp³-hybridized carbons (Fsp3) is 0.409. The fourth-order valence-corrected chi connectivity index (χ4v) is 5.30. The fourth-order valence-electron chi connectivity index (χ4n) is 3.76. The van der Waals surface area contributed by atoms with Gasteiger partial charge < -0.3 is 14.7 Å². The van der Waals surface area contributed by atoms with Gasteiger partial charge in [0.05, 0.1) is 29.8 Å². The molecule has 9 heteroatoms. The van der Waals surface area contributed by atoms with E-state index in [1.54, 1.807) is 43.4 Å². The van der Waals surface area contributed by atoms with Gasteiger partial charge in [-0.1, -0.05) is 24.4 Å². The number of hydrogen-bond acceptors (Lipinski definition) is 5. The van der Waals surface area contributed by atoms with E-state index in [0.29, 0.717) is 29.3 Å².